The third kappa shape index (κ3) is 19.6. The molecule has 2 rings (SSSR count). The van der Waals surface area contributed by atoms with E-state index in [2.05, 4.69) is 9.47 Å². The second-order valence-electron chi connectivity index (χ2n) is 7.94. The Kier molecular flexibility index (Phi) is 22.0. The van der Waals surface area contributed by atoms with Crippen molar-refractivity contribution in [2.45, 2.75) is 13.0 Å². The molecular weight excluding hydrogens is 636 g/mol. The maximum Gasteiger partial charge on any atom is 0.396 e. The molecule has 0 radical (unpaired) electrons. The maximum atomic E-state index is 11.1. The van der Waals surface area contributed by atoms with Crippen LogP contribution >= 0.6 is 0 Å². The molecule has 1 unspecified atom stereocenters. The van der Waals surface area contributed by atoms with E-state index in [4.69, 9.17) is 36.1 Å². The van der Waals surface area contributed by atoms with E-state index >= 15 is 0 Å². The van der Waals surface area contributed by atoms with Crippen LogP contribution in [0.3, 0.4) is 0 Å². The first-order chi connectivity index (χ1) is 22.0. The number of carboxylic acid groups (broad SMARTS) is 2. The Morgan fingerprint density at radius 2 is 1.40 bits per heavy atom. The minimum atomic E-state index is -1.67. The number of carboxylic acids is 2. The predicted molar refractivity (Wildman–Crippen MR) is 155 cm³/mol. The van der Waals surface area contributed by atoms with E-state index in [1.807, 2.05) is 10.6 Å². The molecule has 0 saturated carbocycles. The average Bonchev–Trinajstić information content (AvgIpc) is 3.07. The summed E-state index contributed by atoms with van der Waals surface area (Å²) in [7, 11) is 2.24. The number of methoxy groups -OCH3 is 2. The van der Waals surface area contributed by atoms with Crippen molar-refractivity contribution in [2.24, 2.45) is 5.73 Å². The molecule has 0 aromatic heterocycles. The van der Waals surface area contributed by atoms with Crippen molar-refractivity contribution in [3.05, 3.63) is 59.7 Å². The highest BCUT2D eigenvalue weighted by Crippen LogP contribution is 2.25. The average molecular weight is 671 g/mol. The molecule has 20 nitrogen and oxygen atoms in total. The van der Waals surface area contributed by atoms with Crippen LogP contribution in [0.5, 0.6) is 11.5 Å². The molecule has 0 aliphatic carbocycles. The lowest BCUT2D eigenvalue weighted by atomic mass is 10.2. The van der Waals surface area contributed by atoms with Crippen molar-refractivity contribution in [3.8, 4) is 11.5 Å². The number of phenols is 2. The largest absolute Gasteiger partial charge is 0.504 e. The zero-order chi connectivity index (χ0) is 36.5. The van der Waals surface area contributed by atoms with Crippen LogP contribution in [-0.4, -0.2) is 113 Å². The first kappa shape index (κ1) is 42.9. The summed E-state index contributed by atoms with van der Waals surface area (Å²) in [5.74, 6) is -8.48. The van der Waals surface area contributed by atoms with Crippen molar-refractivity contribution in [1.82, 2.24) is 16.1 Å². The number of aromatic hydroxyl groups is 2. The van der Waals surface area contributed by atoms with Gasteiger partial charge < -0.3 is 51.0 Å². The number of amides is 3. The summed E-state index contributed by atoms with van der Waals surface area (Å²) < 4.78 is 13.0. The Labute approximate surface area is 266 Å². The first-order valence-corrected chi connectivity index (χ1v) is 12.7. The second kappa shape index (κ2) is 24.1. The standard InChI is InChI=1S/C9H10O4.C7H7NO2.C6H9NO5.C5H8N2O5/c1-2-13-9(12)6-3-4-7(10)8(11)5-6;9-7(8-10)6-4-2-1-3-5-6;1-11-4(8)3-7-5(9)6(10)12-2;6-2(4(9)10)1-7-3(8)5(11)12/h3-5,10-11H,2H2,1H3;1-5,10H,(H,8,9);3H2,1-2H3,(H,7,9);2H,1,6H2,(H,7,8)(H,9,10)(H,11,12). The first-order valence-electron chi connectivity index (χ1n) is 12.7. The number of esters is 3. The molecule has 1 atom stereocenters. The highest BCUT2D eigenvalue weighted by Gasteiger charge is 2.16. The normalized spacial score (nSPS) is 9.72. The van der Waals surface area contributed by atoms with E-state index in [0.717, 1.165) is 13.2 Å². The number of nitrogens with one attached hydrogen (secondary N) is 3. The molecule has 3 amide bonds. The number of rotatable bonds is 8. The quantitative estimate of drug-likeness (QED) is 0.0371. The molecule has 0 aliphatic rings. The Morgan fingerprint density at radius 1 is 0.809 bits per heavy atom. The smallest absolute Gasteiger partial charge is 0.396 e. The van der Waals surface area contributed by atoms with Crippen LogP contribution in [-0.2, 0) is 43.0 Å². The number of phenolic OH excluding ortho intramolecular Hbond substituents is 2. The number of nitrogens with two attached hydrogens (primary N) is 1. The fourth-order valence-corrected chi connectivity index (χ4v) is 2.27. The van der Waals surface area contributed by atoms with Gasteiger partial charge in [0.15, 0.2) is 11.5 Å². The Balaban J connectivity index is 0. The Bertz CT molecular complexity index is 1370. The van der Waals surface area contributed by atoms with Crippen molar-refractivity contribution in [1.29, 1.82) is 0 Å². The van der Waals surface area contributed by atoms with Gasteiger partial charge in [0, 0.05) is 12.1 Å². The summed E-state index contributed by atoms with van der Waals surface area (Å²) in [4.78, 5) is 83.5. The molecule has 0 saturated heterocycles. The maximum absolute atomic E-state index is 11.1. The summed E-state index contributed by atoms with van der Waals surface area (Å²) in [6, 6.07) is 11.0. The predicted octanol–water partition coefficient (Wildman–Crippen LogP) is -1.87. The minimum Gasteiger partial charge on any atom is -0.504 e. The SMILES string of the molecule is CCOC(=O)c1ccc(O)c(O)c1.COC(=O)CNC(=O)C(=O)OC.NC(CNC(=O)C(=O)O)C(=O)O.O=C(NO)c1ccccc1. The molecule has 0 aliphatic heterocycles. The molecule has 20 heteroatoms. The Hall–Kier alpha value is -6.28. The molecule has 0 bridgehead atoms. The lowest BCUT2D eigenvalue weighted by molar-refractivity contribution is -0.153. The van der Waals surface area contributed by atoms with Crippen LogP contribution in [0.15, 0.2) is 48.5 Å². The van der Waals surface area contributed by atoms with Gasteiger partial charge >= 0.3 is 41.7 Å². The number of hydrogen-bond acceptors (Lipinski definition) is 15. The van der Waals surface area contributed by atoms with Crippen LogP contribution in [0.25, 0.3) is 0 Å². The van der Waals surface area contributed by atoms with Crippen LogP contribution in [0, 0.1) is 0 Å². The van der Waals surface area contributed by atoms with Gasteiger partial charge in [-0.05, 0) is 37.3 Å². The van der Waals surface area contributed by atoms with Gasteiger partial charge in [-0.1, -0.05) is 18.2 Å². The summed E-state index contributed by atoms with van der Waals surface area (Å²) >= 11 is 0. The van der Waals surface area contributed by atoms with Gasteiger partial charge in [-0.3, -0.25) is 29.2 Å². The van der Waals surface area contributed by atoms with Crippen LogP contribution in [0.2, 0.25) is 0 Å². The number of ether oxygens (including phenoxy) is 3. The van der Waals surface area contributed by atoms with Crippen LogP contribution in [0.4, 0.5) is 0 Å². The second-order valence-corrected chi connectivity index (χ2v) is 7.94. The van der Waals surface area contributed by atoms with Crippen molar-refractivity contribution >= 4 is 47.6 Å². The van der Waals surface area contributed by atoms with Crippen LogP contribution < -0.4 is 21.8 Å². The molecule has 2 aromatic rings. The van der Waals surface area contributed by atoms with E-state index in [9.17, 15) is 38.4 Å². The van der Waals surface area contributed by atoms with E-state index in [-0.39, 0.29) is 30.2 Å². The third-order valence-corrected chi connectivity index (χ3v) is 4.61. The molecule has 10 N–H and O–H groups in total. The highest BCUT2D eigenvalue weighted by molar-refractivity contribution is 6.32. The van der Waals surface area contributed by atoms with Gasteiger partial charge in [0.2, 0.25) is 0 Å². The fraction of sp³-hybridized carbons (Fsp3) is 0.259. The van der Waals surface area contributed by atoms with Gasteiger partial charge in [-0.15, -0.1) is 0 Å². The molecule has 0 spiro atoms. The summed E-state index contributed by atoms with van der Waals surface area (Å²) in [6.45, 7) is 1.23. The van der Waals surface area contributed by atoms with Crippen molar-refractivity contribution in [2.75, 3.05) is 33.9 Å². The van der Waals surface area contributed by atoms with E-state index in [0.29, 0.717) is 5.56 Å². The van der Waals surface area contributed by atoms with Gasteiger partial charge in [0.1, 0.15) is 12.6 Å². The lowest BCUT2D eigenvalue weighted by Crippen LogP contribution is -2.44. The lowest BCUT2D eigenvalue weighted by Gasteiger charge is -2.05. The van der Waals surface area contributed by atoms with E-state index in [1.54, 1.807) is 42.7 Å². The molecule has 258 valence electrons. The summed E-state index contributed by atoms with van der Waals surface area (Å²) in [5.41, 5.74) is 7.17. The van der Waals surface area contributed by atoms with Gasteiger partial charge in [0.05, 0.1) is 26.4 Å². The highest BCUT2D eigenvalue weighted by atomic mass is 16.5. The number of carbonyl (C=O) groups excluding carboxylic acids is 6. The zero-order valence-corrected chi connectivity index (χ0v) is 25.1. The van der Waals surface area contributed by atoms with Crippen molar-refractivity contribution < 1.29 is 78.2 Å². The van der Waals surface area contributed by atoms with Gasteiger partial charge in [-0.2, -0.15) is 0 Å². The molecule has 2 aromatic carbocycles. The van der Waals surface area contributed by atoms with Crippen molar-refractivity contribution in [3.63, 3.8) is 0 Å². The molecule has 0 fully saturated rings. The number of aliphatic carboxylic acids is 2. The number of hydrogen-bond donors (Lipinski definition) is 9. The number of hydroxylamine groups is 1. The van der Waals surface area contributed by atoms with Gasteiger partial charge in [0.25, 0.3) is 5.91 Å². The summed E-state index contributed by atoms with van der Waals surface area (Å²) in [6.07, 6.45) is 0. The number of carbonyl (C=O) groups is 8. The van der Waals surface area contributed by atoms with Gasteiger partial charge in [-0.25, -0.2) is 19.9 Å². The van der Waals surface area contributed by atoms with E-state index < -0.39 is 60.2 Å². The monoisotopic (exact) mass is 670 g/mol. The third-order valence-electron chi connectivity index (χ3n) is 4.61. The minimum absolute atomic E-state index is 0.220. The van der Waals surface area contributed by atoms with E-state index in [1.165, 1.54) is 19.2 Å². The fourth-order valence-electron chi connectivity index (χ4n) is 2.27. The topological polar surface area (TPSA) is 328 Å². The molecular formula is C27H34N4O16. The van der Waals surface area contributed by atoms with Crippen LogP contribution in [0.1, 0.15) is 27.6 Å². The molecule has 0 heterocycles. The Morgan fingerprint density at radius 3 is 1.85 bits per heavy atom. The number of benzene rings is 2. The molecule has 47 heavy (non-hydrogen) atoms. The zero-order valence-electron chi connectivity index (χ0n) is 25.1. The summed E-state index contributed by atoms with van der Waals surface area (Å²) in [5, 5.41) is 46.3.